The lowest BCUT2D eigenvalue weighted by Gasteiger charge is -2.36. The average molecular weight is 268 g/mol. The Morgan fingerprint density at radius 3 is 2.56 bits per heavy atom. The number of hydrogen-bond acceptors (Lipinski definition) is 4. The van der Waals surface area contributed by atoms with E-state index in [-0.39, 0.29) is 6.04 Å². The number of ether oxygens (including phenoxy) is 1. The van der Waals surface area contributed by atoms with Crippen LogP contribution in [0.25, 0.3) is 0 Å². The van der Waals surface area contributed by atoms with Crippen molar-refractivity contribution in [2.45, 2.75) is 39.2 Å². The Hall–Kier alpha value is -0.580. The molecule has 3 unspecified atom stereocenters. The fourth-order valence-electron chi connectivity index (χ4n) is 3.41. The molecule has 1 fully saturated rings. The first-order valence-corrected chi connectivity index (χ1v) is 7.61. The van der Waals surface area contributed by atoms with Gasteiger partial charge in [-0.2, -0.15) is 0 Å². The molecule has 1 aromatic heterocycles. The number of hydrogen-bond donors (Lipinski definition) is 2. The molecular formula is C14H24N2OS. The van der Waals surface area contributed by atoms with E-state index in [4.69, 9.17) is 10.6 Å². The van der Waals surface area contributed by atoms with Gasteiger partial charge in [-0.1, -0.05) is 13.8 Å². The summed E-state index contributed by atoms with van der Waals surface area (Å²) < 4.78 is 5.43. The monoisotopic (exact) mass is 268 g/mol. The molecule has 1 heterocycles. The Labute approximate surface area is 114 Å². The number of rotatable bonds is 4. The molecule has 102 valence electrons. The third-order valence-electron chi connectivity index (χ3n) is 4.03. The van der Waals surface area contributed by atoms with Gasteiger partial charge in [-0.15, -0.1) is 11.3 Å². The lowest BCUT2D eigenvalue weighted by atomic mass is 9.73. The van der Waals surface area contributed by atoms with Crippen LogP contribution in [0.2, 0.25) is 0 Å². The summed E-state index contributed by atoms with van der Waals surface area (Å²) in [6, 6.07) is 2.25. The van der Waals surface area contributed by atoms with E-state index in [1.54, 1.807) is 18.4 Å². The minimum absolute atomic E-state index is 0.227. The summed E-state index contributed by atoms with van der Waals surface area (Å²) in [5.74, 6) is 8.97. The normalized spacial score (nSPS) is 30.1. The Morgan fingerprint density at radius 2 is 2.00 bits per heavy atom. The molecule has 3 nitrogen and oxygen atoms in total. The van der Waals surface area contributed by atoms with Crippen LogP contribution in [-0.2, 0) is 0 Å². The quantitative estimate of drug-likeness (QED) is 0.650. The molecule has 0 aromatic carbocycles. The first-order valence-electron chi connectivity index (χ1n) is 6.73. The number of nitrogens with two attached hydrogens (primary N) is 1. The lowest BCUT2D eigenvalue weighted by molar-refractivity contribution is 0.177. The van der Waals surface area contributed by atoms with Crippen LogP contribution in [0.1, 0.15) is 44.0 Å². The van der Waals surface area contributed by atoms with E-state index in [0.29, 0.717) is 5.92 Å². The zero-order valence-electron chi connectivity index (χ0n) is 11.5. The van der Waals surface area contributed by atoms with Gasteiger partial charge in [0.05, 0.1) is 18.0 Å². The van der Waals surface area contributed by atoms with Gasteiger partial charge in [0.2, 0.25) is 0 Å². The Balaban J connectivity index is 2.17. The van der Waals surface area contributed by atoms with Gasteiger partial charge in [0, 0.05) is 0 Å². The van der Waals surface area contributed by atoms with Crippen LogP contribution in [0.3, 0.4) is 0 Å². The summed E-state index contributed by atoms with van der Waals surface area (Å²) >= 11 is 1.74. The van der Waals surface area contributed by atoms with Gasteiger partial charge < -0.3 is 4.74 Å². The summed E-state index contributed by atoms with van der Waals surface area (Å²) in [6.45, 7) is 4.70. The van der Waals surface area contributed by atoms with Crippen molar-refractivity contribution < 1.29 is 4.74 Å². The molecular weight excluding hydrogens is 244 g/mol. The maximum atomic E-state index is 5.81. The third kappa shape index (κ3) is 2.87. The van der Waals surface area contributed by atoms with E-state index >= 15 is 0 Å². The largest absolute Gasteiger partial charge is 0.496 e. The van der Waals surface area contributed by atoms with Crippen LogP contribution in [0.5, 0.6) is 5.75 Å². The van der Waals surface area contributed by atoms with Gasteiger partial charge in [-0.05, 0) is 48.5 Å². The molecule has 0 spiro atoms. The molecule has 0 saturated heterocycles. The van der Waals surface area contributed by atoms with Gasteiger partial charge in [0.1, 0.15) is 5.75 Å². The zero-order valence-corrected chi connectivity index (χ0v) is 12.3. The third-order valence-corrected chi connectivity index (χ3v) is 5.01. The van der Waals surface area contributed by atoms with Crippen LogP contribution in [-0.4, -0.2) is 7.11 Å². The van der Waals surface area contributed by atoms with Gasteiger partial charge >= 0.3 is 0 Å². The van der Waals surface area contributed by atoms with E-state index in [2.05, 4.69) is 24.7 Å². The maximum Gasteiger partial charge on any atom is 0.134 e. The molecule has 1 aliphatic carbocycles. The van der Waals surface area contributed by atoms with Crippen molar-refractivity contribution in [1.82, 2.24) is 5.43 Å². The predicted molar refractivity (Wildman–Crippen MR) is 76.6 cm³/mol. The lowest BCUT2D eigenvalue weighted by Crippen LogP contribution is -2.36. The molecule has 0 amide bonds. The van der Waals surface area contributed by atoms with Crippen molar-refractivity contribution in [3.8, 4) is 5.75 Å². The molecule has 2 rings (SSSR count). The Bertz CT molecular complexity index is 370. The van der Waals surface area contributed by atoms with E-state index < -0.39 is 0 Å². The first kappa shape index (κ1) is 13.8. The highest BCUT2D eigenvalue weighted by Crippen LogP contribution is 2.43. The van der Waals surface area contributed by atoms with Crippen LogP contribution in [0.4, 0.5) is 0 Å². The zero-order chi connectivity index (χ0) is 13.1. The summed E-state index contributed by atoms with van der Waals surface area (Å²) in [7, 11) is 1.73. The molecule has 1 saturated carbocycles. The second-order valence-corrected chi connectivity index (χ2v) is 6.62. The standard InChI is InChI=1S/C14H24N2OS/c1-9-6-10(2)8-11(7-9)13(16-15)14-12(17-3)4-5-18-14/h4-5,9-11,13,16H,6-8,15H2,1-3H3. The Morgan fingerprint density at radius 1 is 1.33 bits per heavy atom. The molecule has 1 aromatic rings. The molecule has 3 N–H and O–H groups in total. The van der Waals surface area contributed by atoms with Crippen LogP contribution in [0, 0.1) is 17.8 Å². The smallest absolute Gasteiger partial charge is 0.134 e. The van der Waals surface area contributed by atoms with Gasteiger partial charge in [-0.3, -0.25) is 11.3 Å². The van der Waals surface area contributed by atoms with Crippen molar-refractivity contribution in [2.75, 3.05) is 7.11 Å². The number of hydrazine groups is 1. The average Bonchev–Trinajstić information content (AvgIpc) is 2.77. The van der Waals surface area contributed by atoms with Gasteiger partial charge in [0.15, 0.2) is 0 Å². The maximum absolute atomic E-state index is 5.81. The van der Waals surface area contributed by atoms with Crippen molar-refractivity contribution in [2.24, 2.45) is 23.6 Å². The van der Waals surface area contributed by atoms with Crippen LogP contribution >= 0.6 is 11.3 Å². The van der Waals surface area contributed by atoms with Crippen LogP contribution in [0.15, 0.2) is 11.4 Å². The first-order chi connectivity index (χ1) is 8.65. The number of thiophene rings is 1. The van der Waals surface area contributed by atoms with Crippen molar-refractivity contribution >= 4 is 11.3 Å². The SMILES string of the molecule is COc1ccsc1C(NN)C1CC(C)CC(C)C1. The van der Waals surface area contributed by atoms with Crippen molar-refractivity contribution in [3.05, 3.63) is 16.3 Å². The highest BCUT2D eigenvalue weighted by molar-refractivity contribution is 7.10. The van der Waals surface area contributed by atoms with Crippen molar-refractivity contribution in [3.63, 3.8) is 0 Å². The summed E-state index contributed by atoms with van der Waals surface area (Å²) in [4.78, 5) is 1.24. The molecule has 0 bridgehead atoms. The van der Waals surface area contributed by atoms with Crippen LogP contribution < -0.4 is 16.0 Å². The van der Waals surface area contributed by atoms with E-state index in [9.17, 15) is 0 Å². The fraction of sp³-hybridized carbons (Fsp3) is 0.714. The minimum atomic E-state index is 0.227. The minimum Gasteiger partial charge on any atom is -0.496 e. The highest BCUT2D eigenvalue weighted by atomic mass is 32.1. The highest BCUT2D eigenvalue weighted by Gasteiger charge is 2.32. The van der Waals surface area contributed by atoms with Gasteiger partial charge in [0.25, 0.3) is 0 Å². The molecule has 4 heteroatoms. The molecule has 18 heavy (non-hydrogen) atoms. The summed E-state index contributed by atoms with van der Waals surface area (Å²) in [5, 5.41) is 2.08. The number of methoxy groups -OCH3 is 1. The molecule has 0 radical (unpaired) electrons. The van der Waals surface area contributed by atoms with E-state index in [1.165, 1.54) is 24.1 Å². The van der Waals surface area contributed by atoms with E-state index in [1.807, 2.05) is 6.07 Å². The Kier molecular flexibility index (Phi) is 4.65. The second kappa shape index (κ2) is 6.04. The molecule has 1 aliphatic rings. The number of nitrogens with one attached hydrogen (secondary N) is 1. The predicted octanol–water partition coefficient (Wildman–Crippen LogP) is 3.33. The summed E-state index contributed by atoms with van der Waals surface area (Å²) in [6.07, 6.45) is 3.84. The van der Waals surface area contributed by atoms with Gasteiger partial charge in [-0.25, -0.2) is 0 Å². The fourth-order valence-corrected chi connectivity index (χ4v) is 4.42. The topological polar surface area (TPSA) is 47.3 Å². The molecule has 3 atom stereocenters. The van der Waals surface area contributed by atoms with E-state index in [0.717, 1.165) is 17.6 Å². The second-order valence-electron chi connectivity index (χ2n) is 5.68. The summed E-state index contributed by atoms with van der Waals surface area (Å²) in [5.41, 5.74) is 3.02. The van der Waals surface area contributed by atoms with Crippen molar-refractivity contribution in [1.29, 1.82) is 0 Å². The molecule has 0 aliphatic heterocycles.